The molecular weight excluding hydrogens is 309 g/mol. The summed E-state index contributed by atoms with van der Waals surface area (Å²) in [6.07, 6.45) is 6.19. The van der Waals surface area contributed by atoms with E-state index in [-0.39, 0.29) is 12.2 Å². The molecule has 0 radical (unpaired) electrons. The average Bonchev–Trinajstić information content (AvgIpc) is 2.60. The lowest BCUT2D eigenvalue weighted by atomic mass is 9.77. The second-order valence-electron chi connectivity index (χ2n) is 6.90. The van der Waals surface area contributed by atoms with Crippen LogP contribution in [0.25, 0.3) is 0 Å². The van der Waals surface area contributed by atoms with Crippen LogP contribution in [-0.4, -0.2) is 0 Å². The van der Waals surface area contributed by atoms with Gasteiger partial charge in [0.25, 0.3) is 0 Å². The number of rotatable bonds is 4. The van der Waals surface area contributed by atoms with E-state index < -0.39 is 11.6 Å². The Bertz CT molecular complexity index is 700. The average molecular weight is 332 g/mol. The molecule has 3 heteroatoms. The smallest absolute Gasteiger partial charge is 0.159 e. The van der Waals surface area contributed by atoms with Crippen molar-refractivity contribution in [1.82, 2.24) is 0 Å². The van der Waals surface area contributed by atoms with Gasteiger partial charge in [0.1, 0.15) is 5.82 Å². The zero-order valence-electron chi connectivity index (χ0n) is 14.0. The van der Waals surface area contributed by atoms with Crippen LogP contribution >= 0.6 is 0 Å². The van der Waals surface area contributed by atoms with Crippen molar-refractivity contribution in [1.29, 1.82) is 0 Å². The van der Waals surface area contributed by atoms with Crippen molar-refractivity contribution in [2.75, 3.05) is 0 Å². The minimum Gasteiger partial charge on any atom is -0.207 e. The van der Waals surface area contributed by atoms with E-state index in [1.807, 2.05) is 6.07 Å². The fraction of sp³-hybridized carbons (Fsp3) is 0.429. The molecule has 1 aliphatic carbocycles. The molecule has 0 N–H and O–H groups in total. The Hall–Kier alpha value is -1.77. The standard InChI is InChI=1S/C21H23F3/c1-2-14-3-6-16(7-4-14)17-8-9-18(20(23)13-17)11-15-5-10-19(22)21(24)12-15/h5,8-10,12-14,16H,2-4,6-7,11H2,1H3. The predicted octanol–water partition coefficient (Wildman–Crippen LogP) is 6.38. The molecule has 0 aliphatic heterocycles. The van der Waals surface area contributed by atoms with Crippen LogP contribution in [0.3, 0.4) is 0 Å². The molecule has 128 valence electrons. The third kappa shape index (κ3) is 3.82. The summed E-state index contributed by atoms with van der Waals surface area (Å²) in [6, 6.07) is 9.13. The molecule has 1 saturated carbocycles. The van der Waals surface area contributed by atoms with Crippen LogP contribution in [0.4, 0.5) is 13.2 Å². The van der Waals surface area contributed by atoms with Gasteiger partial charge in [0.2, 0.25) is 0 Å². The number of hydrogen-bond donors (Lipinski definition) is 0. The highest BCUT2D eigenvalue weighted by Gasteiger charge is 2.22. The second-order valence-corrected chi connectivity index (χ2v) is 6.90. The first-order valence-electron chi connectivity index (χ1n) is 8.79. The van der Waals surface area contributed by atoms with Gasteiger partial charge in [-0.3, -0.25) is 0 Å². The van der Waals surface area contributed by atoms with Gasteiger partial charge >= 0.3 is 0 Å². The van der Waals surface area contributed by atoms with Gasteiger partial charge in [-0.2, -0.15) is 0 Å². The third-order valence-electron chi connectivity index (χ3n) is 5.35. The van der Waals surface area contributed by atoms with Crippen LogP contribution in [-0.2, 0) is 6.42 Å². The number of halogens is 3. The van der Waals surface area contributed by atoms with Gasteiger partial charge in [0, 0.05) is 6.42 Å². The minimum atomic E-state index is -0.891. The van der Waals surface area contributed by atoms with Gasteiger partial charge in [0.15, 0.2) is 11.6 Å². The van der Waals surface area contributed by atoms with Crippen molar-refractivity contribution in [3.8, 4) is 0 Å². The summed E-state index contributed by atoms with van der Waals surface area (Å²) in [7, 11) is 0. The maximum atomic E-state index is 14.4. The Balaban J connectivity index is 1.71. The quantitative estimate of drug-likeness (QED) is 0.609. The largest absolute Gasteiger partial charge is 0.207 e. The maximum absolute atomic E-state index is 14.4. The van der Waals surface area contributed by atoms with Crippen LogP contribution in [0.5, 0.6) is 0 Å². The van der Waals surface area contributed by atoms with Gasteiger partial charge in [0.05, 0.1) is 0 Å². The monoisotopic (exact) mass is 332 g/mol. The maximum Gasteiger partial charge on any atom is 0.159 e. The minimum absolute atomic E-state index is 0.255. The van der Waals surface area contributed by atoms with Crippen LogP contribution in [0.2, 0.25) is 0 Å². The van der Waals surface area contributed by atoms with Crippen molar-refractivity contribution < 1.29 is 13.2 Å². The van der Waals surface area contributed by atoms with E-state index in [1.165, 1.54) is 25.3 Å². The lowest BCUT2D eigenvalue weighted by Gasteiger charge is -2.28. The van der Waals surface area contributed by atoms with Crippen molar-refractivity contribution in [2.24, 2.45) is 5.92 Å². The van der Waals surface area contributed by atoms with E-state index in [4.69, 9.17) is 0 Å². The fourth-order valence-corrected chi connectivity index (χ4v) is 3.73. The molecule has 0 amide bonds. The predicted molar refractivity (Wildman–Crippen MR) is 90.6 cm³/mol. The van der Waals surface area contributed by atoms with E-state index in [9.17, 15) is 13.2 Å². The molecule has 0 atom stereocenters. The lowest BCUT2D eigenvalue weighted by molar-refractivity contribution is 0.318. The molecule has 0 nitrogen and oxygen atoms in total. The highest BCUT2D eigenvalue weighted by atomic mass is 19.2. The summed E-state index contributed by atoms with van der Waals surface area (Å²) in [5.74, 6) is -0.761. The first-order valence-corrected chi connectivity index (χ1v) is 8.79. The topological polar surface area (TPSA) is 0 Å². The van der Waals surface area contributed by atoms with Gasteiger partial charge < -0.3 is 0 Å². The molecule has 2 aromatic rings. The molecule has 0 aromatic heterocycles. The first kappa shape index (κ1) is 17.1. The Morgan fingerprint density at radius 2 is 1.58 bits per heavy atom. The Labute approximate surface area is 141 Å². The molecular formula is C21H23F3. The second kappa shape index (κ2) is 7.42. The molecule has 1 aliphatic rings. The normalized spacial score (nSPS) is 21.0. The van der Waals surface area contributed by atoms with Crippen LogP contribution in [0, 0.1) is 23.4 Å². The Morgan fingerprint density at radius 3 is 2.21 bits per heavy atom. The lowest BCUT2D eigenvalue weighted by Crippen LogP contribution is -2.13. The molecule has 0 spiro atoms. The molecule has 0 saturated heterocycles. The van der Waals surface area contributed by atoms with Gasteiger partial charge in [-0.05, 0) is 72.4 Å². The summed E-state index contributed by atoms with van der Waals surface area (Å²) < 4.78 is 40.7. The number of hydrogen-bond acceptors (Lipinski definition) is 0. The molecule has 0 bridgehead atoms. The molecule has 1 fully saturated rings. The fourth-order valence-electron chi connectivity index (χ4n) is 3.73. The first-order chi connectivity index (χ1) is 11.6. The molecule has 2 aromatic carbocycles. The van der Waals surface area contributed by atoms with Crippen molar-refractivity contribution in [3.63, 3.8) is 0 Å². The van der Waals surface area contributed by atoms with Crippen molar-refractivity contribution in [2.45, 2.75) is 51.4 Å². The zero-order valence-corrected chi connectivity index (χ0v) is 14.0. The molecule has 0 unspecified atom stereocenters. The van der Waals surface area contributed by atoms with Gasteiger partial charge in [-0.15, -0.1) is 0 Å². The summed E-state index contributed by atoms with van der Waals surface area (Å²) in [4.78, 5) is 0. The summed E-state index contributed by atoms with van der Waals surface area (Å²) >= 11 is 0. The van der Waals surface area contributed by atoms with E-state index >= 15 is 0 Å². The molecule has 3 rings (SSSR count). The van der Waals surface area contributed by atoms with E-state index in [0.717, 1.165) is 36.5 Å². The number of benzene rings is 2. The Morgan fingerprint density at radius 1 is 0.833 bits per heavy atom. The highest BCUT2D eigenvalue weighted by molar-refractivity contribution is 5.32. The molecule has 24 heavy (non-hydrogen) atoms. The highest BCUT2D eigenvalue weighted by Crippen LogP contribution is 2.37. The van der Waals surface area contributed by atoms with Gasteiger partial charge in [-0.1, -0.05) is 31.5 Å². The molecule has 0 heterocycles. The SMILES string of the molecule is CCC1CCC(c2ccc(Cc3ccc(F)c(F)c3)c(F)c2)CC1. The third-order valence-corrected chi connectivity index (χ3v) is 5.35. The van der Waals surface area contributed by atoms with Crippen LogP contribution < -0.4 is 0 Å². The van der Waals surface area contributed by atoms with Gasteiger partial charge in [-0.25, -0.2) is 13.2 Å². The zero-order chi connectivity index (χ0) is 17.1. The van der Waals surface area contributed by atoms with Crippen molar-refractivity contribution >= 4 is 0 Å². The van der Waals surface area contributed by atoms with Crippen molar-refractivity contribution in [3.05, 3.63) is 70.5 Å². The van der Waals surface area contributed by atoms with E-state index in [0.29, 0.717) is 17.0 Å². The summed E-state index contributed by atoms with van der Waals surface area (Å²) in [6.45, 7) is 2.23. The van der Waals surface area contributed by atoms with Crippen LogP contribution in [0.15, 0.2) is 36.4 Å². The van der Waals surface area contributed by atoms with E-state index in [2.05, 4.69) is 6.92 Å². The van der Waals surface area contributed by atoms with Crippen LogP contribution in [0.1, 0.15) is 61.6 Å². The van der Waals surface area contributed by atoms with E-state index in [1.54, 1.807) is 12.1 Å². The Kier molecular flexibility index (Phi) is 5.27. The summed E-state index contributed by atoms with van der Waals surface area (Å²) in [5.41, 5.74) is 2.16. The summed E-state index contributed by atoms with van der Waals surface area (Å²) in [5, 5.41) is 0.